The molecule has 0 radical (unpaired) electrons. The van der Waals surface area contributed by atoms with Crippen molar-refractivity contribution < 1.29 is 19.1 Å². The summed E-state index contributed by atoms with van der Waals surface area (Å²) >= 11 is 1.56. The molecule has 1 unspecified atom stereocenters. The Morgan fingerprint density at radius 1 is 1.33 bits per heavy atom. The lowest BCUT2D eigenvalue weighted by atomic mass is 10.1. The Bertz CT molecular complexity index is 363. The fourth-order valence-corrected chi connectivity index (χ4v) is 2.20. The highest BCUT2D eigenvalue weighted by atomic mass is 32.2. The molecule has 0 heterocycles. The van der Waals surface area contributed by atoms with Crippen molar-refractivity contribution in [3.8, 4) is 0 Å². The third kappa shape index (κ3) is 7.79. The average Bonchev–Trinajstić information content (AvgIpc) is 2.39. The Morgan fingerprint density at radius 2 is 1.95 bits per heavy atom. The summed E-state index contributed by atoms with van der Waals surface area (Å²) in [6, 6.07) is -1.67. The Labute approximate surface area is 129 Å². The predicted octanol–water partition coefficient (Wildman–Crippen LogP) is 0.577. The third-order valence-corrected chi connectivity index (χ3v) is 3.38. The van der Waals surface area contributed by atoms with Crippen LogP contribution in [0.4, 0.5) is 4.79 Å². The predicted molar refractivity (Wildman–Crippen MR) is 83.0 cm³/mol. The molecule has 0 aromatic carbocycles. The number of urea groups is 1. The van der Waals surface area contributed by atoms with Gasteiger partial charge in [-0.15, -0.1) is 0 Å². The Morgan fingerprint density at radius 3 is 2.38 bits per heavy atom. The van der Waals surface area contributed by atoms with Gasteiger partial charge in [0, 0.05) is 6.04 Å². The second-order valence-corrected chi connectivity index (χ2v) is 5.69. The van der Waals surface area contributed by atoms with Crippen molar-refractivity contribution in [1.29, 1.82) is 0 Å². The first kappa shape index (κ1) is 19.6. The lowest BCUT2D eigenvalue weighted by Crippen LogP contribution is -2.53. The van der Waals surface area contributed by atoms with Gasteiger partial charge >= 0.3 is 12.0 Å². The van der Waals surface area contributed by atoms with Gasteiger partial charge in [0.25, 0.3) is 0 Å². The zero-order valence-electron chi connectivity index (χ0n) is 13.0. The number of hydrogen-bond acceptors (Lipinski definition) is 5. The average molecular weight is 319 g/mol. The van der Waals surface area contributed by atoms with Gasteiger partial charge < -0.3 is 20.7 Å². The van der Waals surface area contributed by atoms with Crippen molar-refractivity contribution in [2.24, 2.45) is 5.73 Å². The van der Waals surface area contributed by atoms with Gasteiger partial charge in [-0.2, -0.15) is 11.8 Å². The number of rotatable bonds is 9. The van der Waals surface area contributed by atoms with Crippen LogP contribution in [0.3, 0.4) is 0 Å². The van der Waals surface area contributed by atoms with Gasteiger partial charge in [-0.3, -0.25) is 9.59 Å². The highest BCUT2D eigenvalue weighted by Gasteiger charge is 2.28. The van der Waals surface area contributed by atoms with Gasteiger partial charge in [0.1, 0.15) is 12.6 Å². The van der Waals surface area contributed by atoms with Crippen LogP contribution < -0.4 is 11.1 Å². The minimum Gasteiger partial charge on any atom is -0.465 e. The van der Waals surface area contributed by atoms with E-state index in [2.05, 4.69) is 5.32 Å². The van der Waals surface area contributed by atoms with Gasteiger partial charge in [-0.25, -0.2) is 4.79 Å². The molecule has 0 bridgehead atoms. The molecule has 8 heteroatoms. The number of amides is 3. The molecule has 0 aliphatic heterocycles. The van der Waals surface area contributed by atoms with Gasteiger partial charge in [0.15, 0.2) is 0 Å². The summed E-state index contributed by atoms with van der Waals surface area (Å²) in [6.45, 7) is 5.42. The van der Waals surface area contributed by atoms with Crippen LogP contribution in [0.5, 0.6) is 0 Å². The van der Waals surface area contributed by atoms with Gasteiger partial charge in [0.2, 0.25) is 5.91 Å². The van der Waals surface area contributed by atoms with Crippen LogP contribution in [0.25, 0.3) is 0 Å². The van der Waals surface area contributed by atoms with Crippen molar-refractivity contribution in [2.45, 2.75) is 39.3 Å². The SMILES string of the molecule is CCOC(=O)CN(C(=O)C(CCSC)NC(N)=O)C(C)C. The maximum absolute atomic E-state index is 12.5. The molecule has 0 aliphatic carbocycles. The van der Waals surface area contributed by atoms with E-state index in [0.717, 1.165) is 0 Å². The summed E-state index contributed by atoms with van der Waals surface area (Å²) in [7, 11) is 0. The summed E-state index contributed by atoms with van der Waals surface area (Å²) in [5, 5.41) is 2.44. The van der Waals surface area contributed by atoms with Gasteiger partial charge in [0.05, 0.1) is 6.61 Å². The molecule has 3 amide bonds. The van der Waals surface area contributed by atoms with E-state index in [1.807, 2.05) is 6.26 Å². The molecule has 0 rings (SSSR count). The van der Waals surface area contributed by atoms with E-state index in [4.69, 9.17) is 10.5 Å². The van der Waals surface area contributed by atoms with E-state index in [-0.39, 0.29) is 25.1 Å². The normalized spacial score (nSPS) is 11.9. The monoisotopic (exact) mass is 319 g/mol. The fourth-order valence-electron chi connectivity index (χ4n) is 1.73. The summed E-state index contributed by atoms with van der Waals surface area (Å²) in [4.78, 5) is 36.5. The minimum absolute atomic E-state index is 0.138. The molecule has 7 nitrogen and oxygen atoms in total. The minimum atomic E-state index is -0.755. The molecule has 3 N–H and O–H groups in total. The first-order valence-corrected chi connectivity index (χ1v) is 8.23. The maximum atomic E-state index is 12.5. The zero-order valence-corrected chi connectivity index (χ0v) is 13.9. The lowest BCUT2D eigenvalue weighted by Gasteiger charge is -2.29. The lowest BCUT2D eigenvalue weighted by molar-refractivity contribution is -0.150. The van der Waals surface area contributed by atoms with Gasteiger partial charge in [-0.1, -0.05) is 0 Å². The number of nitrogens with zero attached hydrogens (tertiary/aromatic N) is 1. The first-order chi connectivity index (χ1) is 9.83. The summed E-state index contributed by atoms with van der Waals surface area (Å²) in [6.07, 6.45) is 2.36. The molecule has 0 aromatic rings. The number of carbonyl (C=O) groups excluding carboxylic acids is 3. The van der Waals surface area contributed by atoms with E-state index in [9.17, 15) is 14.4 Å². The van der Waals surface area contributed by atoms with Crippen molar-refractivity contribution in [1.82, 2.24) is 10.2 Å². The number of carbonyl (C=O) groups is 3. The maximum Gasteiger partial charge on any atom is 0.325 e. The number of hydrogen-bond donors (Lipinski definition) is 2. The number of nitrogens with two attached hydrogens (primary N) is 1. The second-order valence-electron chi connectivity index (χ2n) is 4.71. The smallest absolute Gasteiger partial charge is 0.325 e. The van der Waals surface area contributed by atoms with Crippen LogP contribution in [-0.2, 0) is 14.3 Å². The largest absolute Gasteiger partial charge is 0.465 e. The van der Waals surface area contributed by atoms with Crippen LogP contribution >= 0.6 is 11.8 Å². The number of thioether (sulfide) groups is 1. The van der Waals surface area contributed by atoms with Gasteiger partial charge in [-0.05, 0) is 39.2 Å². The fraction of sp³-hybridized carbons (Fsp3) is 0.769. The highest BCUT2D eigenvalue weighted by molar-refractivity contribution is 7.98. The third-order valence-electron chi connectivity index (χ3n) is 2.74. The number of nitrogens with one attached hydrogen (secondary N) is 1. The van der Waals surface area contributed by atoms with Crippen molar-refractivity contribution in [2.75, 3.05) is 25.2 Å². The molecule has 0 saturated heterocycles. The summed E-state index contributed by atoms with van der Waals surface area (Å²) in [5.74, 6) is -0.102. The molecule has 1 atom stereocenters. The topological polar surface area (TPSA) is 102 Å². The molecule has 0 fully saturated rings. The van der Waals surface area contributed by atoms with Crippen molar-refractivity contribution >= 4 is 29.7 Å². The van der Waals surface area contributed by atoms with E-state index in [1.54, 1.807) is 32.5 Å². The number of ether oxygens (including phenoxy) is 1. The molecule has 0 spiro atoms. The highest BCUT2D eigenvalue weighted by Crippen LogP contribution is 2.08. The quantitative estimate of drug-likeness (QED) is 0.605. The molecule has 0 aromatic heterocycles. The van der Waals surface area contributed by atoms with E-state index in [0.29, 0.717) is 12.2 Å². The molecular formula is C13H25N3O4S. The summed E-state index contributed by atoms with van der Waals surface area (Å²) < 4.78 is 4.87. The Kier molecular flexibility index (Phi) is 9.60. The Hall–Kier alpha value is -1.44. The van der Waals surface area contributed by atoms with Crippen LogP contribution in [0, 0.1) is 0 Å². The molecule has 0 saturated carbocycles. The van der Waals surface area contributed by atoms with Crippen molar-refractivity contribution in [3.05, 3.63) is 0 Å². The van der Waals surface area contributed by atoms with E-state index in [1.165, 1.54) is 4.90 Å². The van der Waals surface area contributed by atoms with Crippen LogP contribution in [0.15, 0.2) is 0 Å². The summed E-state index contributed by atoms with van der Waals surface area (Å²) in [5.41, 5.74) is 5.11. The Balaban J connectivity index is 4.93. The zero-order chi connectivity index (χ0) is 16.4. The molecule has 21 heavy (non-hydrogen) atoms. The number of primary amides is 1. The van der Waals surface area contributed by atoms with E-state index < -0.39 is 18.0 Å². The van der Waals surface area contributed by atoms with E-state index >= 15 is 0 Å². The molecule has 0 aliphatic rings. The molecule has 122 valence electrons. The van der Waals surface area contributed by atoms with Crippen molar-refractivity contribution in [3.63, 3.8) is 0 Å². The van der Waals surface area contributed by atoms with Crippen LogP contribution in [0.1, 0.15) is 27.2 Å². The first-order valence-electron chi connectivity index (χ1n) is 6.84. The van der Waals surface area contributed by atoms with Crippen LogP contribution in [-0.4, -0.2) is 60.1 Å². The number of esters is 1. The molecular weight excluding hydrogens is 294 g/mol. The standard InChI is InChI=1S/C13H25N3O4S/c1-5-20-11(17)8-16(9(2)3)12(18)10(6-7-21-4)15-13(14)19/h9-10H,5-8H2,1-4H3,(H3,14,15,19). The second kappa shape index (κ2) is 10.3. The van der Waals surface area contributed by atoms with Crippen LogP contribution in [0.2, 0.25) is 0 Å².